The smallest absolute Gasteiger partial charge is 0.244 e. The predicted molar refractivity (Wildman–Crippen MR) is 129 cm³/mol. The van der Waals surface area contributed by atoms with E-state index in [4.69, 9.17) is 0 Å². The molecule has 9 nitrogen and oxygen atoms in total. The fourth-order valence-corrected chi connectivity index (χ4v) is 2.84. The SMILES string of the molecule is CC(=O)NCCNc1cc(NCCNC(=O)C=Cc2ccccn2)nc(-c2ccccc2)n1. The first-order chi connectivity index (χ1) is 16.1. The van der Waals surface area contributed by atoms with Crippen molar-refractivity contribution in [1.29, 1.82) is 0 Å². The summed E-state index contributed by atoms with van der Waals surface area (Å²) in [5.74, 6) is 1.56. The summed E-state index contributed by atoms with van der Waals surface area (Å²) in [7, 11) is 0. The summed E-state index contributed by atoms with van der Waals surface area (Å²) in [6, 6.07) is 17.0. The van der Waals surface area contributed by atoms with Gasteiger partial charge in [-0.05, 0) is 18.2 Å². The Kier molecular flexibility index (Phi) is 8.90. The van der Waals surface area contributed by atoms with E-state index in [-0.39, 0.29) is 11.8 Å². The molecule has 3 rings (SSSR count). The number of rotatable bonds is 11. The maximum absolute atomic E-state index is 12.0. The summed E-state index contributed by atoms with van der Waals surface area (Å²) in [5, 5.41) is 12.0. The number of carbonyl (C=O) groups excluding carboxylic acids is 2. The van der Waals surface area contributed by atoms with Crippen LogP contribution in [-0.4, -0.2) is 52.9 Å². The molecule has 33 heavy (non-hydrogen) atoms. The number of aromatic nitrogens is 3. The summed E-state index contributed by atoms with van der Waals surface area (Å²) in [5.41, 5.74) is 1.61. The number of pyridine rings is 1. The van der Waals surface area contributed by atoms with Crippen LogP contribution < -0.4 is 21.3 Å². The molecule has 2 amide bonds. The summed E-state index contributed by atoms with van der Waals surface area (Å²) in [6.45, 7) is 3.40. The molecule has 0 aliphatic heterocycles. The highest BCUT2D eigenvalue weighted by Crippen LogP contribution is 2.19. The first-order valence-corrected chi connectivity index (χ1v) is 10.6. The van der Waals surface area contributed by atoms with Crippen LogP contribution in [0.3, 0.4) is 0 Å². The van der Waals surface area contributed by atoms with E-state index in [9.17, 15) is 9.59 Å². The lowest BCUT2D eigenvalue weighted by atomic mass is 10.2. The molecule has 0 aliphatic carbocycles. The number of benzene rings is 1. The minimum absolute atomic E-state index is 0.0799. The van der Waals surface area contributed by atoms with Crippen molar-refractivity contribution in [2.24, 2.45) is 0 Å². The highest BCUT2D eigenvalue weighted by Gasteiger charge is 2.07. The van der Waals surface area contributed by atoms with E-state index in [1.807, 2.05) is 48.5 Å². The van der Waals surface area contributed by atoms with Crippen LogP contribution in [0.4, 0.5) is 11.6 Å². The van der Waals surface area contributed by atoms with Crippen molar-refractivity contribution in [3.05, 3.63) is 72.6 Å². The highest BCUT2D eigenvalue weighted by molar-refractivity contribution is 5.91. The number of anilines is 2. The molecule has 2 heterocycles. The molecule has 0 spiro atoms. The van der Waals surface area contributed by atoms with Gasteiger partial charge < -0.3 is 21.3 Å². The van der Waals surface area contributed by atoms with Gasteiger partial charge in [-0.2, -0.15) is 0 Å². The molecule has 2 aromatic heterocycles. The van der Waals surface area contributed by atoms with Crippen LogP contribution in [0.15, 0.2) is 66.9 Å². The zero-order chi connectivity index (χ0) is 23.3. The van der Waals surface area contributed by atoms with Crippen molar-refractivity contribution in [1.82, 2.24) is 25.6 Å². The first-order valence-electron chi connectivity index (χ1n) is 10.6. The van der Waals surface area contributed by atoms with Gasteiger partial charge in [-0.15, -0.1) is 0 Å². The Balaban J connectivity index is 1.56. The van der Waals surface area contributed by atoms with Gasteiger partial charge in [0.2, 0.25) is 11.8 Å². The van der Waals surface area contributed by atoms with Crippen molar-refractivity contribution >= 4 is 29.5 Å². The number of hydrogen-bond acceptors (Lipinski definition) is 7. The van der Waals surface area contributed by atoms with Crippen molar-refractivity contribution < 1.29 is 9.59 Å². The molecule has 9 heteroatoms. The van der Waals surface area contributed by atoms with Crippen LogP contribution in [0.1, 0.15) is 12.6 Å². The Morgan fingerprint density at radius 1 is 0.848 bits per heavy atom. The Labute approximate surface area is 192 Å². The van der Waals surface area contributed by atoms with Crippen molar-refractivity contribution in [2.45, 2.75) is 6.92 Å². The zero-order valence-corrected chi connectivity index (χ0v) is 18.4. The molecular weight excluding hydrogens is 418 g/mol. The molecule has 0 bridgehead atoms. The number of nitrogens with one attached hydrogen (secondary N) is 4. The van der Waals surface area contributed by atoms with E-state index in [0.717, 1.165) is 11.3 Å². The summed E-state index contributed by atoms with van der Waals surface area (Å²) in [6.07, 6.45) is 4.80. The quantitative estimate of drug-likeness (QED) is 0.264. The van der Waals surface area contributed by atoms with E-state index >= 15 is 0 Å². The maximum Gasteiger partial charge on any atom is 0.244 e. The standard InChI is InChI=1S/C24H27N7O2/c1-18(32)25-13-14-27-21-17-22(31-24(30-21)19-7-3-2-4-8-19)28-15-16-29-23(33)11-10-20-9-5-6-12-26-20/h2-12,17H,13-16H2,1H3,(H,25,32)(H,29,33)(H2,27,28,30,31). The van der Waals surface area contributed by atoms with Gasteiger partial charge >= 0.3 is 0 Å². The van der Waals surface area contributed by atoms with E-state index in [1.165, 1.54) is 13.0 Å². The monoisotopic (exact) mass is 445 g/mol. The van der Waals surface area contributed by atoms with E-state index in [0.29, 0.717) is 43.6 Å². The molecule has 0 radical (unpaired) electrons. The lowest BCUT2D eigenvalue weighted by Crippen LogP contribution is -2.27. The topological polar surface area (TPSA) is 121 Å². The van der Waals surface area contributed by atoms with E-state index in [2.05, 4.69) is 36.2 Å². The molecule has 4 N–H and O–H groups in total. The van der Waals surface area contributed by atoms with Crippen LogP contribution >= 0.6 is 0 Å². The van der Waals surface area contributed by atoms with Crippen LogP contribution in [0, 0.1) is 0 Å². The second-order valence-corrected chi connectivity index (χ2v) is 7.04. The second-order valence-electron chi connectivity index (χ2n) is 7.04. The average molecular weight is 446 g/mol. The van der Waals surface area contributed by atoms with Gasteiger partial charge in [0, 0.05) is 57.0 Å². The molecule has 0 saturated carbocycles. The van der Waals surface area contributed by atoms with Gasteiger partial charge in [0.15, 0.2) is 5.82 Å². The number of carbonyl (C=O) groups is 2. The Morgan fingerprint density at radius 3 is 2.15 bits per heavy atom. The average Bonchev–Trinajstić information content (AvgIpc) is 2.84. The van der Waals surface area contributed by atoms with Gasteiger partial charge in [0.05, 0.1) is 5.69 Å². The Hall–Kier alpha value is -4.27. The van der Waals surface area contributed by atoms with E-state index < -0.39 is 0 Å². The predicted octanol–water partition coefficient (Wildman–Crippen LogP) is 2.33. The third-order valence-corrected chi connectivity index (χ3v) is 4.39. The molecule has 3 aromatic rings. The molecule has 0 atom stereocenters. The highest BCUT2D eigenvalue weighted by atomic mass is 16.2. The first kappa shape index (κ1) is 23.4. The minimum Gasteiger partial charge on any atom is -0.368 e. The normalized spacial score (nSPS) is 10.6. The van der Waals surface area contributed by atoms with Crippen molar-refractivity contribution in [3.63, 3.8) is 0 Å². The number of amides is 2. The van der Waals surface area contributed by atoms with Gasteiger partial charge in [-0.1, -0.05) is 36.4 Å². The molecule has 0 saturated heterocycles. The van der Waals surface area contributed by atoms with Crippen LogP contribution in [0.2, 0.25) is 0 Å². The summed E-state index contributed by atoms with van der Waals surface area (Å²) in [4.78, 5) is 36.3. The molecular formula is C24H27N7O2. The lowest BCUT2D eigenvalue weighted by Gasteiger charge is -2.12. The van der Waals surface area contributed by atoms with Crippen molar-refractivity contribution in [3.8, 4) is 11.4 Å². The zero-order valence-electron chi connectivity index (χ0n) is 18.4. The van der Waals surface area contributed by atoms with Gasteiger partial charge in [0.1, 0.15) is 11.6 Å². The largest absolute Gasteiger partial charge is 0.368 e. The van der Waals surface area contributed by atoms with Gasteiger partial charge in [-0.25, -0.2) is 9.97 Å². The lowest BCUT2D eigenvalue weighted by molar-refractivity contribution is -0.119. The van der Waals surface area contributed by atoms with Crippen LogP contribution in [-0.2, 0) is 9.59 Å². The third-order valence-electron chi connectivity index (χ3n) is 4.39. The van der Waals surface area contributed by atoms with E-state index in [1.54, 1.807) is 18.3 Å². The van der Waals surface area contributed by atoms with Crippen LogP contribution in [0.5, 0.6) is 0 Å². The summed E-state index contributed by atoms with van der Waals surface area (Å²) >= 11 is 0. The summed E-state index contributed by atoms with van der Waals surface area (Å²) < 4.78 is 0. The number of nitrogens with zero attached hydrogens (tertiary/aromatic N) is 3. The molecule has 0 unspecified atom stereocenters. The molecule has 0 aliphatic rings. The Morgan fingerprint density at radius 2 is 1.52 bits per heavy atom. The molecule has 170 valence electrons. The van der Waals surface area contributed by atoms with Gasteiger partial charge in [-0.3, -0.25) is 14.6 Å². The fraction of sp³-hybridized carbons (Fsp3) is 0.208. The molecule has 0 fully saturated rings. The minimum atomic E-state index is -0.199. The number of hydrogen-bond donors (Lipinski definition) is 4. The third kappa shape index (κ3) is 8.41. The molecule has 1 aromatic carbocycles. The fourth-order valence-electron chi connectivity index (χ4n) is 2.84. The second kappa shape index (κ2) is 12.6. The van der Waals surface area contributed by atoms with Crippen LogP contribution in [0.25, 0.3) is 17.5 Å². The van der Waals surface area contributed by atoms with Crippen molar-refractivity contribution in [2.75, 3.05) is 36.8 Å². The Bertz CT molecular complexity index is 1070. The van der Waals surface area contributed by atoms with Gasteiger partial charge in [0.25, 0.3) is 0 Å². The maximum atomic E-state index is 12.0.